The zero-order chi connectivity index (χ0) is 8.27. The summed E-state index contributed by atoms with van der Waals surface area (Å²) in [7, 11) is 1.50. The van der Waals surface area contributed by atoms with E-state index in [1.54, 1.807) is 6.08 Å². The van der Waals surface area contributed by atoms with Gasteiger partial charge in [-0.15, -0.1) is 12.3 Å². The van der Waals surface area contributed by atoms with E-state index >= 15 is 0 Å². The maximum Gasteiger partial charge on any atom is 0.201 e. The minimum atomic E-state index is -0.0325. The second kappa shape index (κ2) is 3.25. The van der Waals surface area contributed by atoms with Crippen LogP contribution in [0, 0.1) is 18.3 Å². The lowest BCUT2D eigenvalue weighted by atomic mass is 10.0. The van der Waals surface area contributed by atoms with Crippen molar-refractivity contribution in [3.05, 3.63) is 11.8 Å². The number of allylic oxidation sites excluding steroid dienone is 2. The van der Waals surface area contributed by atoms with Crippen LogP contribution in [0.1, 0.15) is 12.8 Å². The average molecular weight is 150 g/mol. The van der Waals surface area contributed by atoms with Gasteiger partial charge in [0.05, 0.1) is 7.11 Å². The molecule has 2 nitrogen and oxygen atoms in total. The molecule has 1 aliphatic rings. The summed E-state index contributed by atoms with van der Waals surface area (Å²) in [6.45, 7) is 0. The number of ketones is 1. The fraction of sp³-hybridized carbons (Fsp3) is 0.444. The quantitative estimate of drug-likeness (QED) is 0.551. The van der Waals surface area contributed by atoms with E-state index in [2.05, 4.69) is 5.92 Å². The lowest BCUT2D eigenvalue weighted by Gasteiger charge is -2.02. The minimum absolute atomic E-state index is 0.0325. The summed E-state index contributed by atoms with van der Waals surface area (Å²) in [5.41, 5.74) is 0. The molecule has 0 saturated carbocycles. The van der Waals surface area contributed by atoms with Gasteiger partial charge in [0.1, 0.15) is 0 Å². The summed E-state index contributed by atoms with van der Waals surface area (Å²) in [6.07, 6.45) is 8.13. The normalized spacial score (nSPS) is 22.7. The monoisotopic (exact) mass is 150 g/mol. The van der Waals surface area contributed by atoms with E-state index < -0.39 is 0 Å². The Morgan fingerprint density at radius 1 is 1.91 bits per heavy atom. The van der Waals surface area contributed by atoms with Crippen LogP contribution in [0.25, 0.3) is 0 Å². The van der Waals surface area contributed by atoms with Crippen molar-refractivity contribution in [1.29, 1.82) is 0 Å². The maximum absolute atomic E-state index is 11.2. The molecule has 0 bridgehead atoms. The van der Waals surface area contributed by atoms with E-state index in [4.69, 9.17) is 11.2 Å². The second-order valence-electron chi connectivity index (χ2n) is 2.48. The molecule has 0 N–H and O–H groups in total. The van der Waals surface area contributed by atoms with Crippen LogP contribution >= 0.6 is 0 Å². The Morgan fingerprint density at radius 3 is 3.09 bits per heavy atom. The van der Waals surface area contributed by atoms with Gasteiger partial charge in [-0.25, -0.2) is 0 Å². The molecule has 0 spiro atoms. The van der Waals surface area contributed by atoms with Gasteiger partial charge in [-0.2, -0.15) is 0 Å². The van der Waals surface area contributed by atoms with Crippen LogP contribution in [-0.4, -0.2) is 12.9 Å². The molecule has 1 atom stereocenters. The van der Waals surface area contributed by atoms with E-state index in [0.717, 1.165) is 6.42 Å². The number of hydrogen-bond acceptors (Lipinski definition) is 2. The molecular formula is C9H10O2. The van der Waals surface area contributed by atoms with Crippen LogP contribution in [0.4, 0.5) is 0 Å². The fourth-order valence-electron chi connectivity index (χ4n) is 1.16. The molecule has 0 saturated heterocycles. The Balaban J connectivity index is 2.58. The Kier molecular flexibility index (Phi) is 2.32. The molecule has 58 valence electrons. The topological polar surface area (TPSA) is 26.3 Å². The number of hydrogen-bond donors (Lipinski definition) is 0. The van der Waals surface area contributed by atoms with E-state index in [1.165, 1.54) is 7.11 Å². The summed E-state index contributed by atoms with van der Waals surface area (Å²) in [4.78, 5) is 11.2. The zero-order valence-corrected chi connectivity index (χ0v) is 6.46. The van der Waals surface area contributed by atoms with Crippen molar-refractivity contribution in [1.82, 2.24) is 0 Å². The van der Waals surface area contributed by atoms with Crippen molar-refractivity contribution in [3.63, 3.8) is 0 Å². The molecule has 0 aliphatic heterocycles. The van der Waals surface area contributed by atoms with Gasteiger partial charge in [0.2, 0.25) is 5.78 Å². The molecule has 2 heteroatoms. The third kappa shape index (κ3) is 1.43. The van der Waals surface area contributed by atoms with Crippen LogP contribution in [-0.2, 0) is 9.53 Å². The number of carbonyl (C=O) groups is 1. The highest BCUT2D eigenvalue weighted by molar-refractivity contribution is 5.97. The van der Waals surface area contributed by atoms with Gasteiger partial charge < -0.3 is 4.74 Å². The van der Waals surface area contributed by atoms with Gasteiger partial charge >= 0.3 is 0 Å². The van der Waals surface area contributed by atoms with Crippen LogP contribution in [0.5, 0.6) is 0 Å². The standard InChI is InChI=1S/C9H10O2/c1-3-4-7-5-6-8(11-2)9(7)10/h1,6-7H,4-5H2,2H3. The largest absolute Gasteiger partial charge is 0.493 e. The molecule has 1 rings (SSSR count). The molecule has 0 aromatic rings. The highest BCUT2D eigenvalue weighted by Gasteiger charge is 2.26. The van der Waals surface area contributed by atoms with Crippen molar-refractivity contribution in [3.8, 4) is 12.3 Å². The number of methoxy groups -OCH3 is 1. The van der Waals surface area contributed by atoms with Crippen LogP contribution < -0.4 is 0 Å². The van der Waals surface area contributed by atoms with E-state index in [1.807, 2.05) is 0 Å². The number of Topliss-reactive ketones (excluding diaryl/α,β-unsaturated/α-hetero) is 1. The summed E-state index contributed by atoms with van der Waals surface area (Å²) >= 11 is 0. The molecule has 0 heterocycles. The van der Waals surface area contributed by atoms with Crippen molar-refractivity contribution < 1.29 is 9.53 Å². The number of ether oxygens (including phenoxy) is 1. The Morgan fingerprint density at radius 2 is 2.64 bits per heavy atom. The Bertz CT molecular complexity index is 232. The van der Waals surface area contributed by atoms with Gasteiger partial charge in [0.25, 0.3) is 0 Å². The maximum atomic E-state index is 11.2. The molecule has 1 aliphatic carbocycles. The second-order valence-corrected chi connectivity index (χ2v) is 2.48. The number of carbonyl (C=O) groups excluding carboxylic acids is 1. The van der Waals surface area contributed by atoms with Crippen LogP contribution in [0.2, 0.25) is 0 Å². The van der Waals surface area contributed by atoms with Gasteiger partial charge in [0.15, 0.2) is 5.76 Å². The summed E-state index contributed by atoms with van der Waals surface area (Å²) in [6, 6.07) is 0. The smallest absolute Gasteiger partial charge is 0.201 e. The molecule has 0 radical (unpaired) electrons. The highest BCUT2D eigenvalue weighted by atomic mass is 16.5. The third-order valence-corrected chi connectivity index (χ3v) is 1.79. The summed E-state index contributed by atoms with van der Waals surface area (Å²) in [5, 5.41) is 0. The molecule has 0 amide bonds. The number of terminal acetylenes is 1. The van der Waals surface area contributed by atoms with E-state index in [-0.39, 0.29) is 11.7 Å². The first kappa shape index (κ1) is 7.87. The van der Waals surface area contributed by atoms with E-state index in [0.29, 0.717) is 12.2 Å². The fourth-order valence-corrected chi connectivity index (χ4v) is 1.16. The van der Waals surface area contributed by atoms with Crippen LogP contribution in [0.3, 0.4) is 0 Å². The first-order chi connectivity index (χ1) is 5.29. The number of rotatable bonds is 2. The third-order valence-electron chi connectivity index (χ3n) is 1.79. The lowest BCUT2D eigenvalue weighted by Crippen LogP contribution is -2.10. The first-order valence-electron chi connectivity index (χ1n) is 3.51. The molecule has 0 aromatic carbocycles. The van der Waals surface area contributed by atoms with Gasteiger partial charge in [0, 0.05) is 12.3 Å². The summed E-state index contributed by atoms with van der Waals surface area (Å²) < 4.78 is 4.84. The van der Waals surface area contributed by atoms with Gasteiger partial charge in [-0.3, -0.25) is 4.79 Å². The summed E-state index contributed by atoms with van der Waals surface area (Å²) in [5.74, 6) is 2.95. The van der Waals surface area contributed by atoms with Crippen molar-refractivity contribution in [2.45, 2.75) is 12.8 Å². The van der Waals surface area contributed by atoms with Crippen LogP contribution in [0.15, 0.2) is 11.8 Å². The lowest BCUT2D eigenvalue weighted by molar-refractivity contribution is -0.120. The van der Waals surface area contributed by atoms with E-state index in [9.17, 15) is 4.79 Å². The molecule has 0 fully saturated rings. The minimum Gasteiger partial charge on any atom is -0.493 e. The molecule has 11 heavy (non-hydrogen) atoms. The highest BCUT2D eigenvalue weighted by Crippen LogP contribution is 2.23. The first-order valence-corrected chi connectivity index (χ1v) is 3.51. The predicted octanol–water partition coefficient (Wildman–Crippen LogP) is 1.13. The van der Waals surface area contributed by atoms with Crippen molar-refractivity contribution in [2.24, 2.45) is 5.92 Å². The average Bonchev–Trinajstić information content (AvgIpc) is 2.34. The SMILES string of the molecule is C#CCC1CC=C(OC)C1=O. The van der Waals surface area contributed by atoms with Gasteiger partial charge in [-0.05, 0) is 12.5 Å². The van der Waals surface area contributed by atoms with Crippen molar-refractivity contribution >= 4 is 5.78 Å². The molecule has 0 aromatic heterocycles. The predicted molar refractivity (Wildman–Crippen MR) is 41.7 cm³/mol. The van der Waals surface area contributed by atoms with Crippen molar-refractivity contribution in [2.75, 3.05) is 7.11 Å². The molecule has 1 unspecified atom stereocenters. The Hall–Kier alpha value is -1.23. The zero-order valence-electron chi connectivity index (χ0n) is 6.46. The Labute approximate surface area is 66.2 Å². The van der Waals surface area contributed by atoms with Gasteiger partial charge in [-0.1, -0.05) is 0 Å². The molecular weight excluding hydrogens is 140 g/mol.